The van der Waals surface area contributed by atoms with Gasteiger partial charge in [-0.15, -0.1) is 11.3 Å². The SMILES string of the molecule is CC1CC(NCC(=O)N2CCc3sccc3C2)CCO1. The molecule has 5 heteroatoms. The Morgan fingerprint density at radius 2 is 2.50 bits per heavy atom. The molecule has 0 radical (unpaired) electrons. The zero-order valence-corrected chi connectivity index (χ0v) is 12.7. The van der Waals surface area contributed by atoms with Crippen LogP contribution in [-0.2, 0) is 22.5 Å². The third-order valence-electron chi connectivity index (χ3n) is 4.19. The molecule has 1 amide bonds. The summed E-state index contributed by atoms with van der Waals surface area (Å²) in [7, 11) is 0. The first kappa shape index (κ1) is 14.0. The molecule has 3 heterocycles. The van der Waals surface area contributed by atoms with Crippen molar-refractivity contribution in [2.75, 3.05) is 19.7 Å². The van der Waals surface area contributed by atoms with Crippen molar-refractivity contribution in [2.24, 2.45) is 0 Å². The normalized spacial score (nSPS) is 26.4. The minimum atomic E-state index is 0.223. The largest absolute Gasteiger partial charge is 0.378 e. The molecular weight excluding hydrogens is 272 g/mol. The van der Waals surface area contributed by atoms with Crippen LogP contribution in [0.1, 0.15) is 30.2 Å². The van der Waals surface area contributed by atoms with E-state index in [0.29, 0.717) is 18.7 Å². The fourth-order valence-electron chi connectivity index (χ4n) is 2.99. The molecule has 2 atom stereocenters. The highest BCUT2D eigenvalue weighted by Gasteiger charge is 2.23. The van der Waals surface area contributed by atoms with Gasteiger partial charge in [0.25, 0.3) is 0 Å². The van der Waals surface area contributed by atoms with Gasteiger partial charge in [-0.2, -0.15) is 0 Å². The standard InChI is InChI=1S/C15H22N2O2S/c1-11-8-13(3-6-19-11)16-9-15(18)17-5-2-14-12(10-17)4-7-20-14/h4,7,11,13,16H,2-3,5-6,8-10H2,1H3. The van der Waals surface area contributed by atoms with Crippen LogP contribution in [0.15, 0.2) is 11.4 Å². The fourth-order valence-corrected chi connectivity index (χ4v) is 3.88. The maximum Gasteiger partial charge on any atom is 0.236 e. The van der Waals surface area contributed by atoms with Gasteiger partial charge in [0.15, 0.2) is 0 Å². The van der Waals surface area contributed by atoms with Crippen molar-refractivity contribution < 1.29 is 9.53 Å². The molecule has 1 saturated heterocycles. The lowest BCUT2D eigenvalue weighted by Gasteiger charge is -2.30. The molecule has 0 saturated carbocycles. The van der Waals surface area contributed by atoms with Crippen molar-refractivity contribution in [3.05, 3.63) is 21.9 Å². The Hall–Kier alpha value is -0.910. The van der Waals surface area contributed by atoms with Gasteiger partial charge in [0.1, 0.15) is 0 Å². The van der Waals surface area contributed by atoms with Crippen LogP contribution < -0.4 is 5.32 Å². The quantitative estimate of drug-likeness (QED) is 0.924. The molecule has 110 valence electrons. The molecule has 0 bridgehead atoms. The molecule has 20 heavy (non-hydrogen) atoms. The second-order valence-electron chi connectivity index (χ2n) is 5.72. The monoisotopic (exact) mass is 294 g/mol. The van der Waals surface area contributed by atoms with Gasteiger partial charge in [0.2, 0.25) is 5.91 Å². The van der Waals surface area contributed by atoms with E-state index < -0.39 is 0 Å². The number of carbonyl (C=O) groups excluding carboxylic acids is 1. The van der Waals surface area contributed by atoms with Crippen LogP contribution in [0.3, 0.4) is 0 Å². The van der Waals surface area contributed by atoms with E-state index in [-0.39, 0.29) is 5.91 Å². The van der Waals surface area contributed by atoms with Crippen LogP contribution in [-0.4, -0.2) is 42.6 Å². The predicted octanol–water partition coefficient (Wildman–Crippen LogP) is 1.79. The Morgan fingerprint density at radius 1 is 1.60 bits per heavy atom. The van der Waals surface area contributed by atoms with E-state index in [1.165, 1.54) is 10.4 Å². The molecule has 1 N–H and O–H groups in total. The maximum absolute atomic E-state index is 12.3. The summed E-state index contributed by atoms with van der Waals surface area (Å²) < 4.78 is 5.53. The molecule has 0 spiro atoms. The molecule has 0 aliphatic carbocycles. The van der Waals surface area contributed by atoms with E-state index in [9.17, 15) is 4.79 Å². The first-order chi connectivity index (χ1) is 9.72. The predicted molar refractivity (Wildman–Crippen MR) is 79.9 cm³/mol. The van der Waals surface area contributed by atoms with Crippen LogP contribution >= 0.6 is 11.3 Å². The fraction of sp³-hybridized carbons (Fsp3) is 0.667. The third-order valence-corrected chi connectivity index (χ3v) is 5.21. The van der Waals surface area contributed by atoms with Gasteiger partial charge in [0, 0.05) is 30.6 Å². The topological polar surface area (TPSA) is 41.6 Å². The number of hydrogen-bond acceptors (Lipinski definition) is 4. The summed E-state index contributed by atoms with van der Waals surface area (Å²) >= 11 is 1.81. The van der Waals surface area contributed by atoms with Crippen LogP contribution in [0.4, 0.5) is 0 Å². The van der Waals surface area contributed by atoms with E-state index in [4.69, 9.17) is 4.74 Å². The van der Waals surface area contributed by atoms with Gasteiger partial charge in [-0.1, -0.05) is 0 Å². The van der Waals surface area contributed by atoms with Crippen LogP contribution in [0.5, 0.6) is 0 Å². The second-order valence-corrected chi connectivity index (χ2v) is 6.72. The maximum atomic E-state index is 12.3. The first-order valence-electron chi connectivity index (χ1n) is 7.40. The summed E-state index contributed by atoms with van der Waals surface area (Å²) in [5.41, 5.74) is 1.33. The van der Waals surface area contributed by atoms with Crippen LogP contribution in [0.2, 0.25) is 0 Å². The Bertz CT molecular complexity index is 474. The van der Waals surface area contributed by atoms with E-state index in [1.807, 2.05) is 16.2 Å². The molecule has 2 aliphatic rings. The van der Waals surface area contributed by atoms with Crippen LogP contribution in [0, 0.1) is 0 Å². The molecule has 0 aromatic carbocycles. The minimum absolute atomic E-state index is 0.223. The van der Waals surface area contributed by atoms with E-state index in [2.05, 4.69) is 23.7 Å². The lowest BCUT2D eigenvalue weighted by Crippen LogP contribution is -2.45. The molecule has 1 fully saturated rings. The average molecular weight is 294 g/mol. The molecule has 2 aliphatic heterocycles. The van der Waals surface area contributed by atoms with Gasteiger partial charge in [-0.05, 0) is 43.2 Å². The summed E-state index contributed by atoms with van der Waals surface area (Å²) in [6, 6.07) is 2.57. The summed E-state index contributed by atoms with van der Waals surface area (Å²) in [4.78, 5) is 15.7. The minimum Gasteiger partial charge on any atom is -0.378 e. The smallest absolute Gasteiger partial charge is 0.236 e. The second kappa shape index (κ2) is 6.24. The number of nitrogens with one attached hydrogen (secondary N) is 1. The number of rotatable bonds is 3. The summed E-state index contributed by atoms with van der Waals surface area (Å²) in [5.74, 6) is 0.223. The van der Waals surface area contributed by atoms with Crippen molar-refractivity contribution >= 4 is 17.2 Å². The average Bonchev–Trinajstić information content (AvgIpc) is 2.92. The Balaban J connectivity index is 1.48. The summed E-state index contributed by atoms with van der Waals surface area (Å²) in [6.45, 7) is 4.99. The number of thiophene rings is 1. The Kier molecular flexibility index (Phi) is 4.38. The molecule has 3 rings (SSSR count). The van der Waals surface area contributed by atoms with Gasteiger partial charge in [0.05, 0.1) is 12.6 Å². The van der Waals surface area contributed by atoms with Gasteiger partial charge < -0.3 is 15.0 Å². The Labute approximate surface area is 124 Å². The van der Waals surface area contributed by atoms with E-state index in [1.54, 1.807) is 0 Å². The third kappa shape index (κ3) is 3.22. The van der Waals surface area contributed by atoms with Gasteiger partial charge in [-0.25, -0.2) is 0 Å². The zero-order chi connectivity index (χ0) is 13.9. The van der Waals surface area contributed by atoms with E-state index in [0.717, 1.165) is 39.0 Å². The lowest BCUT2D eigenvalue weighted by molar-refractivity contribution is -0.131. The van der Waals surface area contributed by atoms with Gasteiger partial charge >= 0.3 is 0 Å². The molecular formula is C15H22N2O2S. The number of hydrogen-bond donors (Lipinski definition) is 1. The molecule has 2 unspecified atom stereocenters. The van der Waals surface area contributed by atoms with Crippen molar-refractivity contribution in [2.45, 2.75) is 44.9 Å². The van der Waals surface area contributed by atoms with Crippen molar-refractivity contribution in [1.29, 1.82) is 0 Å². The van der Waals surface area contributed by atoms with E-state index >= 15 is 0 Å². The number of amides is 1. The number of ether oxygens (including phenoxy) is 1. The van der Waals surface area contributed by atoms with Gasteiger partial charge in [-0.3, -0.25) is 4.79 Å². The van der Waals surface area contributed by atoms with Crippen molar-refractivity contribution in [3.63, 3.8) is 0 Å². The molecule has 1 aromatic rings. The first-order valence-corrected chi connectivity index (χ1v) is 8.28. The number of carbonyl (C=O) groups is 1. The Morgan fingerprint density at radius 3 is 3.35 bits per heavy atom. The summed E-state index contributed by atoms with van der Waals surface area (Å²) in [6.07, 6.45) is 3.32. The lowest BCUT2D eigenvalue weighted by atomic mass is 10.0. The van der Waals surface area contributed by atoms with Crippen LogP contribution in [0.25, 0.3) is 0 Å². The highest BCUT2D eigenvalue weighted by molar-refractivity contribution is 7.10. The molecule has 4 nitrogen and oxygen atoms in total. The summed E-state index contributed by atoms with van der Waals surface area (Å²) in [5, 5.41) is 5.52. The number of nitrogens with zero attached hydrogens (tertiary/aromatic N) is 1. The highest BCUT2D eigenvalue weighted by Crippen LogP contribution is 2.23. The van der Waals surface area contributed by atoms with Crippen molar-refractivity contribution in [1.82, 2.24) is 10.2 Å². The highest BCUT2D eigenvalue weighted by atomic mass is 32.1. The number of fused-ring (bicyclic) bond motifs is 1. The zero-order valence-electron chi connectivity index (χ0n) is 11.9. The molecule has 1 aromatic heterocycles. The van der Waals surface area contributed by atoms with Crippen molar-refractivity contribution in [3.8, 4) is 0 Å².